The molecule has 0 aliphatic carbocycles. The number of rotatable bonds is 11. The summed E-state index contributed by atoms with van der Waals surface area (Å²) >= 11 is 0. The normalized spacial score (nSPS) is 24.3. The van der Waals surface area contributed by atoms with Gasteiger partial charge in [0.25, 0.3) is 5.56 Å². The van der Waals surface area contributed by atoms with Crippen molar-refractivity contribution in [3.05, 3.63) is 57.4 Å². The fourth-order valence-electron chi connectivity index (χ4n) is 3.16. The van der Waals surface area contributed by atoms with Crippen molar-refractivity contribution < 1.29 is 38.1 Å². The smallest absolute Gasteiger partial charge is 0.459 e. The highest BCUT2D eigenvalue weighted by atomic mass is 31.2. The largest absolute Gasteiger partial charge is 0.464 e. The summed E-state index contributed by atoms with van der Waals surface area (Å²) in [6.45, 7) is 4.74. The molecule has 36 heavy (non-hydrogen) atoms. The van der Waals surface area contributed by atoms with Crippen LogP contribution in [-0.4, -0.2) is 68.5 Å². The first-order valence-corrected chi connectivity index (χ1v) is 12.7. The number of nitrogens with one attached hydrogen (secondary N) is 2. The second-order valence-electron chi connectivity index (χ2n) is 8.50. The van der Waals surface area contributed by atoms with E-state index in [9.17, 15) is 29.2 Å². The van der Waals surface area contributed by atoms with E-state index in [2.05, 4.69) is 10.2 Å². The number of carbonyl (C=O) groups is 1. The van der Waals surface area contributed by atoms with Gasteiger partial charge in [-0.2, -0.15) is 14.9 Å². The van der Waals surface area contributed by atoms with Gasteiger partial charge in [0.2, 0.25) is 0 Å². The van der Waals surface area contributed by atoms with Gasteiger partial charge in [-0.15, -0.1) is 0 Å². The fraction of sp³-hybridized carbons (Fsp3) is 0.524. The molecule has 1 aromatic carbocycles. The Kier molecular flexibility index (Phi) is 9.17. The van der Waals surface area contributed by atoms with Crippen LogP contribution < -0.4 is 20.9 Å². The van der Waals surface area contributed by atoms with Crippen molar-refractivity contribution in [1.29, 1.82) is 0 Å². The number of nitrogens with zero attached hydrogens (tertiary/aromatic N) is 2. The molecule has 1 aliphatic heterocycles. The maximum atomic E-state index is 13.6. The van der Waals surface area contributed by atoms with Crippen molar-refractivity contribution in [2.24, 2.45) is 5.92 Å². The molecule has 0 spiro atoms. The van der Waals surface area contributed by atoms with Gasteiger partial charge in [0.05, 0.1) is 13.2 Å². The van der Waals surface area contributed by atoms with E-state index in [1.807, 2.05) is 18.8 Å². The van der Waals surface area contributed by atoms with Crippen LogP contribution in [0.4, 0.5) is 0 Å². The standard InChI is InChI=1S/C21H29N4O10P/c1-12(2)10-32-20(29)13(3)24-36(31,35-14-7-5-4-6-8-14)33-11-15-17(27)18(28)19(34-15)25-21(30)23-16(26)9-22-25/h4-9,12-13,15,17-19,27-28H,10-11H2,1-3H3,(H,24,31)(H,23,26,30)/t13-,15?,17?,18?,19?,36?/m0/s1. The van der Waals surface area contributed by atoms with Crippen molar-refractivity contribution in [2.75, 3.05) is 13.2 Å². The minimum atomic E-state index is -4.26. The maximum absolute atomic E-state index is 13.6. The summed E-state index contributed by atoms with van der Waals surface area (Å²) in [5, 5.41) is 26.9. The molecule has 1 saturated heterocycles. The van der Waals surface area contributed by atoms with Crippen LogP contribution in [-0.2, 0) is 23.4 Å². The summed E-state index contributed by atoms with van der Waals surface area (Å²) in [5.74, 6) is -0.416. The first-order chi connectivity index (χ1) is 17.0. The third kappa shape index (κ3) is 7.09. The second kappa shape index (κ2) is 11.9. The first kappa shape index (κ1) is 27.7. The van der Waals surface area contributed by atoms with Gasteiger partial charge in [-0.1, -0.05) is 32.0 Å². The monoisotopic (exact) mass is 528 g/mol. The second-order valence-corrected chi connectivity index (χ2v) is 10.2. The van der Waals surface area contributed by atoms with Gasteiger partial charge in [0.15, 0.2) is 6.23 Å². The molecular formula is C21H29N4O10P. The molecule has 0 amide bonds. The van der Waals surface area contributed by atoms with Crippen LogP contribution in [0.3, 0.4) is 0 Å². The molecule has 1 aromatic heterocycles. The van der Waals surface area contributed by atoms with Crippen LogP contribution in [0.25, 0.3) is 0 Å². The molecule has 1 fully saturated rings. The van der Waals surface area contributed by atoms with Gasteiger partial charge >= 0.3 is 19.4 Å². The Morgan fingerprint density at radius 3 is 2.56 bits per heavy atom. The van der Waals surface area contributed by atoms with Crippen molar-refractivity contribution in [3.8, 4) is 5.75 Å². The molecule has 2 heterocycles. The Morgan fingerprint density at radius 2 is 1.92 bits per heavy atom. The lowest BCUT2D eigenvalue weighted by atomic mass is 10.1. The molecular weight excluding hydrogens is 499 g/mol. The molecule has 0 saturated carbocycles. The zero-order valence-electron chi connectivity index (χ0n) is 19.8. The number of para-hydroxylation sites is 1. The van der Waals surface area contributed by atoms with E-state index in [1.165, 1.54) is 19.1 Å². The average Bonchev–Trinajstić information content (AvgIpc) is 3.10. The summed E-state index contributed by atoms with van der Waals surface area (Å²) in [4.78, 5) is 37.5. The number of H-pyrrole nitrogens is 1. The molecule has 14 nitrogen and oxygen atoms in total. The van der Waals surface area contributed by atoms with Gasteiger partial charge in [0, 0.05) is 0 Å². The molecule has 15 heteroatoms. The number of ether oxygens (including phenoxy) is 2. The number of aliphatic hydroxyl groups is 2. The Balaban J connectivity index is 1.74. The topological polar surface area (TPSA) is 191 Å². The molecule has 0 bridgehead atoms. The summed E-state index contributed by atoms with van der Waals surface area (Å²) in [5.41, 5.74) is -1.72. The van der Waals surface area contributed by atoms with Crippen molar-refractivity contribution in [2.45, 2.75) is 51.4 Å². The Bertz CT molecular complexity index is 1190. The maximum Gasteiger partial charge on any atom is 0.459 e. The van der Waals surface area contributed by atoms with E-state index in [4.69, 9.17) is 18.5 Å². The van der Waals surface area contributed by atoms with Crippen LogP contribution >= 0.6 is 7.75 Å². The van der Waals surface area contributed by atoms with Gasteiger partial charge in [-0.25, -0.2) is 9.36 Å². The summed E-state index contributed by atoms with van der Waals surface area (Å²) < 4.78 is 35.9. The van der Waals surface area contributed by atoms with E-state index < -0.39 is 62.2 Å². The Morgan fingerprint density at radius 1 is 1.22 bits per heavy atom. The average molecular weight is 528 g/mol. The van der Waals surface area contributed by atoms with E-state index in [1.54, 1.807) is 18.2 Å². The van der Waals surface area contributed by atoms with Gasteiger partial charge in [0.1, 0.15) is 36.3 Å². The molecule has 0 radical (unpaired) electrons. The van der Waals surface area contributed by atoms with Crippen molar-refractivity contribution in [1.82, 2.24) is 19.9 Å². The number of carbonyl (C=O) groups excluding carboxylic acids is 1. The molecule has 4 N–H and O–H groups in total. The number of aliphatic hydroxyl groups excluding tert-OH is 2. The zero-order chi connectivity index (χ0) is 26.5. The number of hydrogen-bond acceptors (Lipinski definition) is 11. The number of hydrogen-bond donors (Lipinski definition) is 4. The van der Waals surface area contributed by atoms with Gasteiger partial charge in [-0.3, -0.25) is 19.1 Å². The minimum absolute atomic E-state index is 0.0922. The van der Waals surface area contributed by atoms with E-state index in [0.29, 0.717) is 4.68 Å². The predicted molar refractivity (Wildman–Crippen MR) is 124 cm³/mol. The van der Waals surface area contributed by atoms with E-state index >= 15 is 0 Å². The Hall–Kier alpha value is -2.87. The summed E-state index contributed by atoms with van der Waals surface area (Å²) in [6, 6.07) is 6.95. The van der Waals surface area contributed by atoms with Crippen LogP contribution in [0.15, 0.2) is 46.1 Å². The lowest BCUT2D eigenvalue weighted by Gasteiger charge is -2.24. The number of benzene rings is 1. The SMILES string of the molecule is CC(C)COC(=O)[C@H](C)NP(=O)(OCC1OC(n2ncc(=O)[nH]c2=O)C(O)C1O)Oc1ccccc1. The predicted octanol–water partition coefficient (Wildman–Crippen LogP) is -0.0682. The van der Waals surface area contributed by atoms with Crippen LogP contribution in [0.1, 0.15) is 27.0 Å². The highest BCUT2D eigenvalue weighted by Crippen LogP contribution is 2.45. The summed E-state index contributed by atoms with van der Waals surface area (Å²) in [6.07, 6.45) is -5.12. The minimum Gasteiger partial charge on any atom is -0.464 e. The summed E-state index contributed by atoms with van der Waals surface area (Å²) in [7, 11) is -4.26. The van der Waals surface area contributed by atoms with Crippen molar-refractivity contribution >= 4 is 13.7 Å². The molecule has 5 unspecified atom stereocenters. The third-order valence-corrected chi connectivity index (χ3v) is 6.60. The molecule has 6 atom stereocenters. The third-order valence-electron chi connectivity index (χ3n) is 4.96. The number of esters is 1. The fourth-order valence-corrected chi connectivity index (χ4v) is 4.66. The molecule has 198 valence electrons. The zero-order valence-corrected chi connectivity index (χ0v) is 20.7. The lowest BCUT2D eigenvalue weighted by Crippen LogP contribution is -2.39. The van der Waals surface area contributed by atoms with Crippen LogP contribution in [0.5, 0.6) is 5.75 Å². The molecule has 2 aromatic rings. The van der Waals surface area contributed by atoms with Crippen molar-refractivity contribution in [3.63, 3.8) is 0 Å². The molecule has 1 aliphatic rings. The number of aromatic amines is 1. The lowest BCUT2D eigenvalue weighted by molar-refractivity contribution is -0.146. The first-order valence-electron chi connectivity index (χ1n) is 11.1. The highest BCUT2D eigenvalue weighted by Gasteiger charge is 2.46. The van der Waals surface area contributed by atoms with Crippen LogP contribution in [0, 0.1) is 5.92 Å². The van der Waals surface area contributed by atoms with Crippen LogP contribution in [0.2, 0.25) is 0 Å². The van der Waals surface area contributed by atoms with Gasteiger partial charge < -0.3 is 24.2 Å². The molecule has 3 rings (SSSR count). The van der Waals surface area contributed by atoms with E-state index in [0.717, 1.165) is 6.20 Å². The van der Waals surface area contributed by atoms with E-state index in [-0.39, 0.29) is 18.3 Å². The number of aromatic nitrogens is 3. The Labute approximate surface area is 205 Å². The quantitative estimate of drug-likeness (QED) is 0.225. The highest BCUT2D eigenvalue weighted by molar-refractivity contribution is 7.52. The van der Waals surface area contributed by atoms with Gasteiger partial charge in [-0.05, 0) is 25.0 Å².